The van der Waals surface area contributed by atoms with E-state index in [0.29, 0.717) is 11.9 Å². The summed E-state index contributed by atoms with van der Waals surface area (Å²) in [5.41, 5.74) is 5.52. The fraction of sp³-hybridized carbons (Fsp3) is 0.923. The van der Waals surface area contributed by atoms with E-state index >= 15 is 0 Å². The van der Waals surface area contributed by atoms with Crippen molar-refractivity contribution >= 4 is 5.84 Å². The molecule has 0 aromatic heterocycles. The van der Waals surface area contributed by atoms with Gasteiger partial charge in [-0.2, -0.15) is 0 Å². The first-order chi connectivity index (χ1) is 8.19. The van der Waals surface area contributed by atoms with E-state index in [9.17, 15) is 0 Å². The van der Waals surface area contributed by atoms with Gasteiger partial charge in [0.25, 0.3) is 0 Å². The van der Waals surface area contributed by atoms with Crippen LogP contribution in [0.15, 0.2) is 0 Å². The summed E-state index contributed by atoms with van der Waals surface area (Å²) < 4.78 is 0. The number of rotatable bonds is 6. The lowest BCUT2D eigenvalue weighted by Crippen LogP contribution is -2.51. The maximum absolute atomic E-state index is 7.43. The zero-order valence-corrected chi connectivity index (χ0v) is 11.0. The van der Waals surface area contributed by atoms with Crippen LogP contribution in [0.2, 0.25) is 0 Å². The number of nitrogens with two attached hydrogens (primary N) is 1. The average molecular weight is 238 g/mol. The standard InChI is InChI=1S/C13H26N4/c1-2-12(9-13(14)15)17-7-5-16(6-8-17)10-11-3-4-11/h11-12H,2-10H2,1H3,(H3,14,15). The van der Waals surface area contributed by atoms with Crippen LogP contribution in [0.1, 0.15) is 32.6 Å². The number of amidine groups is 1. The molecule has 2 rings (SSSR count). The van der Waals surface area contributed by atoms with Crippen molar-refractivity contribution in [3.63, 3.8) is 0 Å². The largest absolute Gasteiger partial charge is 0.388 e. The number of hydrogen-bond donors (Lipinski definition) is 2. The zero-order valence-electron chi connectivity index (χ0n) is 11.0. The molecule has 0 bridgehead atoms. The van der Waals surface area contributed by atoms with Crippen LogP contribution in [0.3, 0.4) is 0 Å². The Morgan fingerprint density at radius 3 is 2.41 bits per heavy atom. The summed E-state index contributed by atoms with van der Waals surface area (Å²) >= 11 is 0. The van der Waals surface area contributed by atoms with Crippen LogP contribution in [0.4, 0.5) is 0 Å². The quantitative estimate of drug-likeness (QED) is 0.538. The van der Waals surface area contributed by atoms with Crippen LogP contribution in [-0.2, 0) is 0 Å². The van der Waals surface area contributed by atoms with Gasteiger partial charge in [-0.3, -0.25) is 10.3 Å². The smallest absolute Gasteiger partial charge is 0.0921 e. The van der Waals surface area contributed by atoms with Gasteiger partial charge in [0.15, 0.2) is 0 Å². The van der Waals surface area contributed by atoms with Gasteiger partial charge in [-0.1, -0.05) is 6.92 Å². The first-order valence-electron chi connectivity index (χ1n) is 6.98. The third-order valence-corrected chi connectivity index (χ3v) is 4.06. The molecule has 1 heterocycles. The molecule has 1 saturated carbocycles. The number of hydrogen-bond acceptors (Lipinski definition) is 3. The van der Waals surface area contributed by atoms with E-state index in [-0.39, 0.29) is 0 Å². The maximum Gasteiger partial charge on any atom is 0.0921 e. The average Bonchev–Trinajstić information content (AvgIpc) is 3.11. The number of nitrogens with one attached hydrogen (secondary N) is 1. The van der Waals surface area contributed by atoms with Crippen LogP contribution in [-0.4, -0.2) is 54.4 Å². The third-order valence-electron chi connectivity index (χ3n) is 4.06. The highest BCUT2D eigenvalue weighted by Crippen LogP contribution is 2.30. The van der Waals surface area contributed by atoms with Crippen molar-refractivity contribution in [3.05, 3.63) is 0 Å². The molecule has 0 spiro atoms. The molecular weight excluding hydrogens is 212 g/mol. The first-order valence-corrected chi connectivity index (χ1v) is 6.98. The van der Waals surface area contributed by atoms with Gasteiger partial charge < -0.3 is 10.6 Å². The van der Waals surface area contributed by atoms with Gasteiger partial charge in [-0.05, 0) is 25.2 Å². The van der Waals surface area contributed by atoms with Gasteiger partial charge >= 0.3 is 0 Å². The van der Waals surface area contributed by atoms with Crippen molar-refractivity contribution in [2.24, 2.45) is 11.7 Å². The monoisotopic (exact) mass is 238 g/mol. The highest BCUT2D eigenvalue weighted by atomic mass is 15.3. The Morgan fingerprint density at radius 2 is 1.94 bits per heavy atom. The minimum Gasteiger partial charge on any atom is -0.388 e. The van der Waals surface area contributed by atoms with Crippen molar-refractivity contribution in [2.45, 2.75) is 38.6 Å². The second-order valence-electron chi connectivity index (χ2n) is 5.57. The lowest BCUT2D eigenvalue weighted by Gasteiger charge is -2.39. The number of nitrogens with zero attached hydrogens (tertiary/aromatic N) is 2. The summed E-state index contributed by atoms with van der Waals surface area (Å²) in [5, 5.41) is 7.43. The second kappa shape index (κ2) is 5.83. The van der Waals surface area contributed by atoms with Crippen molar-refractivity contribution in [1.29, 1.82) is 5.41 Å². The summed E-state index contributed by atoms with van der Waals surface area (Å²) in [5.74, 6) is 1.33. The molecule has 98 valence electrons. The molecule has 17 heavy (non-hydrogen) atoms. The third kappa shape index (κ3) is 3.96. The fourth-order valence-electron chi connectivity index (χ4n) is 2.76. The SMILES string of the molecule is CCC(CC(=N)N)N1CCN(CC2CC2)CC1. The lowest BCUT2D eigenvalue weighted by atomic mass is 10.1. The van der Waals surface area contributed by atoms with Crippen molar-refractivity contribution in [3.8, 4) is 0 Å². The van der Waals surface area contributed by atoms with E-state index in [1.54, 1.807) is 0 Å². The molecule has 1 saturated heterocycles. The molecule has 0 aromatic carbocycles. The summed E-state index contributed by atoms with van der Waals surface area (Å²) in [4.78, 5) is 5.12. The zero-order chi connectivity index (χ0) is 12.3. The van der Waals surface area contributed by atoms with Gasteiger partial charge in [0.2, 0.25) is 0 Å². The predicted molar refractivity (Wildman–Crippen MR) is 71.3 cm³/mol. The summed E-state index contributed by atoms with van der Waals surface area (Å²) in [6, 6.07) is 0.482. The predicted octanol–water partition coefficient (Wildman–Crippen LogP) is 1.12. The van der Waals surface area contributed by atoms with Gasteiger partial charge in [0.05, 0.1) is 5.84 Å². The van der Waals surface area contributed by atoms with E-state index in [0.717, 1.165) is 31.8 Å². The van der Waals surface area contributed by atoms with E-state index in [2.05, 4.69) is 16.7 Å². The molecule has 1 aliphatic heterocycles. The molecule has 2 aliphatic rings. The van der Waals surface area contributed by atoms with E-state index in [4.69, 9.17) is 11.1 Å². The molecule has 1 atom stereocenters. The minimum atomic E-state index is 0.331. The van der Waals surface area contributed by atoms with Gasteiger partial charge in [-0.15, -0.1) is 0 Å². The van der Waals surface area contributed by atoms with Gasteiger partial charge in [0.1, 0.15) is 0 Å². The van der Waals surface area contributed by atoms with E-state index < -0.39 is 0 Å². The van der Waals surface area contributed by atoms with Crippen LogP contribution in [0.5, 0.6) is 0 Å². The Labute approximate surface area is 105 Å². The van der Waals surface area contributed by atoms with Crippen LogP contribution < -0.4 is 5.73 Å². The molecule has 0 aromatic rings. The minimum absolute atomic E-state index is 0.331. The number of piperazine rings is 1. The van der Waals surface area contributed by atoms with E-state index in [1.165, 1.54) is 32.5 Å². The summed E-state index contributed by atoms with van der Waals surface area (Å²) in [7, 11) is 0. The summed E-state index contributed by atoms with van der Waals surface area (Å²) in [6.07, 6.45) is 4.73. The van der Waals surface area contributed by atoms with Crippen molar-refractivity contribution in [1.82, 2.24) is 9.80 Å². The molecule has 0 amide bonds. The van der Waals surface area contributed by atoms with E-state index in [1.807, 2.05) is 0 Å². The van der Waals surface area contributed by atoms with Gasteiger partial charge in [0, 0.05) is 45.2 Å². The molecule has 2 fully saturated rings. The molecular formula is C13H26N4. The molecule has 1 unspecified atom stereocenters. The van der Waals surface area contributed by atoms with Crippen LogP contribution in [0.25, 0.3) is 0 Å². The van der Waals surface area contributed by atoms with Crippen molar-refractivity contribution in [2.75, 3.05) is 32.7 Å². The fourth-order valence-corrected chi connectivity index (χ4v) is 2.76. The molecule has 4 heteroatoms. The lowest BCUT2D eigenvalue weighted by molar-refractivity contribution is 0.0934. The Hall–Kier alpha value is -0.610. The Balaban J connectivity index is 1.73. The van der Waals surface area contributed by atoms with Crippen LogP contribution in [0, 0.1) is 11.3 Å². The molecule has 4 nitrogen and oxygen atoms in total. The highest BCUT2D eigenvalue weighted by Gasteiger charge is 2.28. The van der Waals surface area contributed by atoms with Gasteiger partial charge in [-0.25, -0.2) is 0 Å². The normalized spacial score (nSPS) is 24.8. The van der Waals surface area contributed by atoms with Crippen molar-refractivity contribution < 1.29 is 0 Å². The molecule has 1 aliphatic carbocycles. The topological polar surface area (TPSA) is 56.4 Å². The Kier molecular flexibility index (Phi) is 4.40. The Morgan fingerprint density at radius 1 is 1.29 bits per heavy atom. The molecule has 3 N–H and O–H groups in total. The summed E-state index contributed by atoms with van der Waals surface area (Å²) in [6.45, 7) is 8.22. The second-order valence-corrected chi connectivity index (χ2v) is 5.57. The highest BCUT2D eigenvalue weighted by molar-refractivity contribution is 5.77. The Bertz CT molecular complexity index is 254. The van der Waals surface area contributed by atoms with Crippen LogP contribution >= 0.6 is 0 Å². The first kappa shape index (κ1) is 12.8. The maximum atomic E-state index is 7.43. The molecule has 0 radical (unpaired) electrons.